The molecule has 1 amide bonds. The van der Waals surface area contributed by atoms with Gasteiger partial charge in [-0.05, 0) is 151 Å². The first-order valence-corrected chi connectivity index (χ1v) is 35.2. The fourth-order valence-corrected chi connectivity index (χ4v) is 14.8. The van der Waals surface area contributed by atoms with Crippen LogP contribution in [0.4, 0.5) is 11.8 Å². The van der Waals surface area contributed by atoms with Crippen molar-refractivity contribution < 1.29 is 77.2 Å². The van der Waals surface area contributed by atoms with Crippen LogP contribution < -0.4 is 14.5 Å². The van der Waals surface area contributed by atoms with E-state index < -0.39 is 83.9 Å². The van der Waals surface area contributed by atoms with Crippen LogP contribution in [0.5, 0.6) is 5.75 Å². The Morgan fingerprint density at radius 2 is 1.51 bits per heavy atom. The topological polar surface area (TPSA) is 268 Å². The van der Waals surface area contributed by atoms with Crippen molar-refractivity contribution in [3.63, 3.8) is 0 Å². The maximum atomic E-state index is 14.9. The number of anilines is 2. The van der Waals surface area contributed by atoms with Crippen molar-refractivity contribution in [1.82, 2.24) is 19.9 Å². The van der Waals surface area contributed by atoms with Crippen LogP contribution in [0.1, 0.15) is 145 Å². The molecule has 2 unspecified atom stereocenters. The molecule has 5 fully saturated rings. The van der Waals surface area contributed by atoms with Gasteiger partial charge in [0.05, 0.1) is 87.7 Å². The van der Waals surface area contributed by atoms with Crippen molar-refractivity contribution in [2.75, 3.05) is 77.2 Å². The Balaban J connectivity index is 1.02. The summed E-state index contributed by atoms with van der Waals surface area (Å²) in [7, 11) is 4.54. The number of aliphatic hydroxyl groups is 3. The molecule has 0 radical (unpaired) electrons. The fraction of sp³-hybridized carbons (Fsp3) is 0.653. The molecule has 9 rings (SSSR count). The van der Waals surface area contributed by atoms with Gasteiger partial charge in [0, 0.05) is 75.6 Å². The number of rotatable bonds is 12. The number of pyridine rings is 1. The van der Waals surface area contributed by atoms with Crippen molar-refractivity contribution in [3.8, 4) is 17.0 Å². The van der Waals surface area contributed by atoms with Crippen molar-refractivity contribution >= 4 is 52.0 Å². The number of hydrogen-bond donors (Lipinski definition) is 3. The van der Waals surface area contributed by atoms with Crippen LogP contribution in [-0.4, -0.2) is 198 Å². The van der Waals surface area contributed by atoms with E-state index in [0.29, 0.717) is 126 Å². The highest BCUT2D eigenvalue weighted by Crippen LogP contribution is 2.40. The van der Waals surface area contributed by atoms with Gasteiger partial charge in [0.2, 0.25) is 11.7 Å². The maximum absolute atomic E-state index is 14.9. The number of morpholine rings is 2. The summed E-state index contributed by atoms with van der Waals surface area (Å²) >= 11 is 0. The Hall–Kier alpha value is -6.34. The standard InChI is InChI=1S/C75H106N6O16/c1-44-18-14-13-15-19-45(2)63(95-43-55-38-54(23-28-62(55)90-10)58-26-25-57-70(76-58)77-74(80-31-33-94-42-52(80)9)78-71(57)79-30-32-93-41-51(79)8)39-56-24-21-50(7)75(89,97-56)69(86)72(87)81-29-17-16-20-59(81)73(88)96-64(47(4)36-53-22-27-60(82)65(37-53)91-11)40-61(83)46(3)35-49(6)67(85)68(92-12)66(84)48(5)34-44/h13-15,18-19,23,25-26,28,35,38,44,46-48,50-53,56,59-60,63-65,67-68,82,85,89H,16-17,20-22,24,27,29-34,36-37,39-43H2,1-12H3/b15-13?,18-14+,45-19?,49-35+/t44-,46-,47?,48-,50-,51+,52+,53-,56+,59?,60-,63+,64+,65-,67-,68+,75-/m1/s1. The predicted molar refractivity (Wildman–Crippen MR) is 367 cm³/mol. The number of hydrogen-bond acceptors (Lipinski definition) is 21. The predicted octanol–water partition coefficient (Wildman–Crippen LogP) is 9.22. The summed E-state index contributed by atoms with van der Waals surface area (Å²) in [6, 6.07) is 8.75. The van der Waals surface area contributed by atoms with E-state index in [9.17, 15) is 39.3 Å². The van der Waals surface area contributed by atoms with E-state index in [2.05, 4.69) is 23.6 Å². The minimum atomic E-state index is -2.56. The number of benzene rings is 1. The Kier molecular flexibility index (Phi) is 26.4. The lowest BCUT2D eigenvalue weighted by atomic mass is 9.78. The molecule has 532 valence electrons. The van der Waals surface area contributed by atoms with Gasteiger partial charge in [0.1, 0.15) is 41.7 Å². The number of nitrogens with zero attached hydrogens (tertiary/aromatic N) is 6. The average molecular weight is 1350 g/mol. The number of aromatic nitrogens is 3. The number of Topliss-reactive ketones (excluding diaryl/α,β-unsaturated/α-hetero) is 3. The summed E-state index contributed by atoms with van der Waals surface area (Å²) in [5, 5.41) is 35.7. The van der Waals surface area contributed by atoms with E-state index in [-0.39, 0.29) is 79.9 Å². The monoisotopic (exact) mass is 1350 g/mol. The van der Waals surface area contributed by atoms with Crippen LogP contribution in [0, 0.1) is 35.5 Å². The number of carbonyl (C=O) groups is 5. The molecule has 1 aliphatic carbocycles. The summed E-state index contributed by atoms with van der Waals surface area (Å²) in [5.41, 5.74) is 3.89. The number of piperidine rings is 1. The molecule has 3 aromatic rings. The van der Waals surface area contributed by atoms with Gasteiger partial charge in [-0.25, -0.2) is 9.78 Å². The minimum Gasteiger partial charge on any atom is -0.496 e. The molecule has 17 atom stereocenters. The van der Waals surface area contributed by atoms with Crippen LogP contribution in [0.15, 0.2) is 77.9 Å². The Labute approximate surface area is 572 Å². The normalized spacial score (nSPS) is 33.6. The van der Waals surface area contributed by atoms with Gasteiger partial charge in [-0.3, -0.25) is 19.2 Å². The molecule has 4 saturated heterocycles. The van der Waals surface area contributed by atoms with Crippen LogP contribution in [0.3, 0.4) is 0 Å². The molecule has 2 aromatic heterocycles. The fourth-order valence-electron chi connectivity index (χ4n) is 14.8. The van der Waals surface area contributed by atoms with Gasteiger partial charge in [-0.1, -0.05) is 71.1 Å². The molecule has 22 nitrogen and oxygen atoms in total. The summed E-state index contributed by atoms with van der Waals surface area (Å²) in [5.74, 6) is -6.66. The summed E-state index contributed by atoms with van der Waals surface area (Å²) in [6.45, 7) is 20.6. The highest BCUT2D eigenvalue weighted by Gasteiger charge is 2.53. The van der Waals surface area contributed by atoms with Gasteiger partial charge in [-0.15, -0.1) is 0 Å². The molecule has 1 saturated carbocycles. The van der Waals surface area contributed by atoms with E-state index >= 15 is 0 Å². The van der Waals surface area contributed by atoms with Crippen molar-refractivity contribution in [1.29, 1.82) is 0 Å². The minimum absolute atomic E-state index is 0.0370. The van der Waals surface area contributed by atoms with Gasteiger partial charge >= 0.3 is 5.97 Å². The molecule has 97 heavy (non-hydrogen) atoms. The lowest BCUT2D eigenvalue weighted by Crippen LogP contribution is -2.61. The number of cyclic esters (lactones) is 1. The Morgan fingerprint density at radius 3 is 2.22 bits per heavy atom. The van der Waals surface area contributed by atoms with E-state index in [1.54, 1.807) is 41.1 Å². The van der Waals surface area contributed by atoms with Gasteiger partial charge in [-0.2, -0.15) is 9.97 Å². The first-order chi connectivity index (χ1) is 46.4. The zero-order chi connectivity index (χ0) is 69.8. The number of carbonyl (C=O) groups excluding carboxylic acids is 5. The number of methoxy groups -OCH3 is 3. The third kappa shape index (κ3) is 18.2. The molecule has 0 spiro atoms. The van der Waals surface area contributed by atoms with Crippen LogP contribution in [0.2, 0.25) is 0 Å². The van der Waals surface area contributed by atoms with E-state index in [1.807, 2.05) is 88.4 Å². The number of esters is 1. The van der Waals surface area contributed by atoms with Gasteiger partial charge in [0.25, 0.3) is 11.7 Å². The SMILES string of the molecule is COc1ccc(-c2ccc3c(N4CCOC[C@@H]4C)nc(N4CCOC[C@@H]4C)nc3n2)cc1CO[C@H]1C[C@@H]2CC[C@@H](C)[C@@](O)(O2)C(=O)C(=O)N2CCCCC2C(=O)O[C@H](C(C)C[C@H]2CC[C@@H](O)[C@H](OC)C2)CC(=O)[C@H](C)/C=C(\C)[C@@H](O)[C@@H](OC)C(=O)[C@H](C)C[C@H](C)/C=C/C=CC=C1C. The second kappa shape index (κ2) is 34.1. The maximum Gasteiger partial charge on any atom is 0.329 e. The summed E-state index contributed by atoms with van der Waals surface area (Å²) in [6.07, 6.45) is 9.94. The molecular weight excluding hydrogens is 1240 g/mol. The molecule has 22 heteroatoms. The average Bonchev–Trinajstić information content (AvgIpc) is 0.774. The molecular formula is C75H106N6O16. The molecule has 6 aliphatic rings. The summed E-state index contributed by atoms with van der Waals surface area (Å²) in [4.78, 5) is 94.1. The molecule has 5 aliphatic heterocycles. The van der Waals surface area contributed by atoms with Crippen molar-refractivity contribution in [2.45, 2.75) is 213 Å². The third-order valence-electron chi connectivity index (χ3n) is 21.0. The number of ether oxygens (including phenoxy) is 8. The number of allylic oxidation sites excluding steroid dienone is 6. The van der Waals surface area contributed by atoms with Crippen molar-refractivity contribution in [3.05, 3.63) is 83.5 Å². The second-order valence-corrected chi connectivity index (χ2v) is 28.3. The van der Waals surface area contributed by atoms with Crippen molar-refractivity contribution in [2.24, 2.45) is 35.5 Å². The van der Waals surface area contributed by atoms with Crippen LogP contribution >= 0.6 is 0 Å². The lowest BCUT2D eigenvalue weighted by molar-refractivity contribution is -0.266. The van der Waals surface area contributed by atoms with Gasteiger partial charge < -0.3 is 67.9 Å². The Bertz CT molecular complexity index is 3360. The molecule has 7 heterocycles. The third-order valence-corrected chi connectivity index (χ3v) is 21.0. The largest absolute Gasteiger partial charge is 0.496 e. The quantitative estimate of drug-likeness (QED) is 0.0866. The van der Waals surface area contributed by atoms with Crippen LogP contribution in [-0.2, 0) is 63.7 Å². The Morgan fingerprint density at radius 1 is 0.763 bits per heavy atom. The highest BCUT2D eigenvalue weighted by molar-refractivity contribution is 6.39. The van der Waals surface area contributed by atoms with Gasteiger partial charge in [0.15, 0.2) is 11.4 Å². The molecule has 2 bridgehead atoms. The lowest BCUT2D eigenvalue weighted by Gasteiger charge is -2.43. The molecule has 3 N–H and O–H groups in total. The second-order valence-electron chi connectivity index (χ2n) is 28.3. The highest BCUT2D eigenvalue weighted by atomic mass is 16.6. The zero-order valence-corrected chi connectivity index (χ0v) is 59.1. The number of amides is 1. The smallest absolute Gasteiger partial charge is 0.329 e. The van der Waals surface area contributed by atoms with E-state index in [1.165, 1.54) is 12.0 Å². The molecule has 1 aromatic carbocycles. The first-order valence-electron chi connectivity index (χ1n) is 35.2. The van der Waals surface area contributed by atoms with Crippen LogP contribution in [0.25, 0.3) is 22.3 Å². The number of ketones is 3. The van der Waals surface area contributed by atoms with E-state index in [0.717, 1.165) is 27.9 Å². The first kappa shape index (κ1) is 74.9. The zero-order valence-electron chi connectivity index (χ0n) is 59.1. The van der Waals surface area contributed by atoms with E-state index in [4.69, 9.17) is 52.8 Å². The number of fused-ring (bicyclic) bond motifs is 4. The summed E-state index contributed by atoms with van der Waals surface area (Å²) < 4.78 is 48.7. The number of aliphatic hydroxyl groups excluding tert-OH is 2.